The van der Waals surface area contributed by atoms with Gasteiger partial charge >= 0.3 is 0 Å². The third-order valence-corrected chi connectivity index (χ3v) is 6.48. The van der Waals surface area contributed by atoms with Gasteiger partial charge in [0.1, 0.15) is 0 Å². The number of thioether (sulfide) groups is 2. The lowest BCUT2D eigenvalue weighted by Gasteiger charge is -2.28. The van der Waals surface area contributed by atoms with Crippen LogP contribution >= 0.6 is 23.5 Å². The zero-order chi connectivity index (χ0) is 14.5. The number of carbonyl (C=O) groups is 2. The van der Waals surface area contributed by atoms with Gasteiger partial charge in [0, 0.05) is 43.0 Å². The summed E-state index contributed by atoms with van der Waals surface area (Å²) >= 11 is 3.70. The van der Waals surface area contributed by atoms with E-state index in [0.717, 1.165) is 35.9 Å². The molecule has 2 amide bonds. The minimum atomic E-state index is 0.0612. The van der Waals surface area contributed by atoms with Gasteiger partial charge in [0.15, 0.2) is 0 Å². The monoisotopic (exact) mass is 316 g/mol. The largest absolute Gasteiger partial charge is 0.354 e. The van der Waals surface area contributed by atoms with Crippen molar-refractivity contribution in [1.82, 2.24) is 10.2 Å². The van der Waals surface area contributed by atoms with Gasteiger partial charge < -0.3 is 10.2 Å². The fourth-order valence-corrected chi connectivity index (χ4v) is 4.94. The van der Waals surface area contributed by atoms with Gasteiger partial charge in [0.05, 0.1) is 0 Å². The summed E-state index contributed by atoms with van der Waals surface area (Å²) in [4.78, 5) is 26.1. The fourth-order valence-electron chi connectivity index (χ4n) is 2.51. The molecule has 0 aromatic carbocycles. The van der Waals surface area contributed by atoms with Crippen molar-refractivity contribution in [3.05, 3.63) is 0 Å². The Morgan fingerprint density at radius 1 is 1.20 bits per heavy atom. The van der Waals surface area contributed by atoms with Crippen LogP contribution in [0.3, 0.4) is 0 Å². The average molecular weight is 316 g/mol. The van der Waals surface area contributed by atoms with Crippen molar-refractivity contribution in [2.24, 2.45) is 11.8 Å². The third-order valence-electron chi connectivity index (χ3n) is 4.16. The summed E-state index contributed by atoms with van der Waals surface area (Å²) in [7, 11) is 1.85. The lowest BCUT2D eigenvalue weighted by molar-refractivity contribution is -0.135. The van der Waals surface area contributed by atoms with Gasteiger partial charge in [-0.05, 0) is 31.3 Å². The molecular weight excluding hydrogens is 292 g/mol. The maximum Gasteiger partial charge on any atom is 0.226 e. The second kappa shape index (κ2) is 7.59. The number of carbonyl (C=O) groups excluding carboxylic acids is 2. The van der Waals surface area contributed by atoms with Crippen LogP contribution in [0.1, 0.15) is 19.8 Å². The number of nitrogens with one attached hydrogen (secondary N) is 1. The molecule has 0 unspecified atom stereocenters. The molecule has 20 heavy (non-hydrogen) atoms. The third kappa shape index (κ3) is 4.07. The van der Waals surface area contributed by atoms with Crippen LogP contribution < -0.4 is 5.32 Å². The molecule has 0 bridgehead atoms. The molecular formula is C14H24N2O2S2. The van der Waals surface area contributed by atoms with E-state index in [1.807, 2.05) is 37.5 Å². The first kappa shape index (κ1) is 16.0. The number of amides is 2. The Morgan fingerprint density at radius 2 is 1.80 bits per heavy atom. The van der Waals surface area contributed by atoms with Gasteiger partial charge in [-0.15, -0.1) is 0 Å². The highest BCUT2D eigenvalue weighted by Crippen LogP contribution is 2.25. The van der Waals surface area contributed by atoms with Gasteiger partial charge in [0.25, 0.3) is 0 Å². The standard InChI is InChI=1S/C14H24N2O2S2/c1-10(7-15-13(17)11-3-5-19-8-11)16(2)14(18)12-4-6-20-9-12/h10-12H,3-9H2,1-2H3,(H,15,17)/t10-,11+,12-/m1/s1. The summed E-state index contributed by atoms with van der Waals surface area (Å²) in [5.41, 5.74) is 0. The zero-order valence-corrected chi connectivity index (χ0v) is 13.9. The van der Waals surface area contributed by atoms with Crippen LogP contribution in [0, 0.1) is 11.8 Å². The zero-order valence-electron chi connectivity index (χ0n) is 12.3. The maximum atomic E-state index is 12.3. The van der Waals surface area contributed by atoms with E-state index >= 15 is 0 Å². The lowest BCUT2D eigenvalue weighted by atomic mass is 10.1. The Balaban J connectivity index is 1.74. The molecule has 2 aliphatic heterocycles. The van der Waals surface area contributed by atoms with Crippen molar-refractivity contribution in [2.45, 2.75) is 25.8 Å². The second-order valence-corrected chi connectivity index (χ2v) is 7.96. The van der Waals surface area contributed by atoms with E-state index in [1.165, 1.54) is 0 Å². The molecule has 6 heteroatoms. The minimum Gasteiger partial charge on any atom is -0.354 e. The Bertz CT molecular complexity index is 353. The molecule has 4 nitrogen and oxygen atoms in total. The van der Waals surface area contributed by atoms with Crippen molar-refractivity contribution < 1.29 is 9.59 Å². The van der Waals surface area contributed by atoms with Gasteiger partial charge in [-0.25, -0.2) is 0 Å². The van der Waals surface area contributed by atoms with E-state index in [2.05, 4.69) is 5.32 Å². The molecule has 0 aromatic heterocycles. The Kier molecular flexibility index (Phi) is 6.08. The topological polar surface area (TPSA) is 49.4 Å². The molecule has 2 saturated heterocycles. The van der Waals surface area contributed by atoms with Crippen molar-refractivity contribution in [3.63, 3.8) is 0 Å². The minimum absolute atomic E-state index is 0.0612. The summed E-state index contributed by atoms with van der Waals surface area (Å²) in [6, 6.07) is 0.0612. The normalized spacial score (nSPS) is 27.3. The van der Waals surface area contributed by atoms with E-state index < -0.39 is 0 Å². The van der Waals surface area contributed by atoms with Gasteiger partial charge in [-0.3, -0.25) is 9.59 Å². The number of nitrogens with zero attached hydrogens (tertiary/aromatic N) is 1. The molecule has 2 heterocycles. The number of likely N-dealkylation sites (N-methyl/N-ethyl adjacent to an activating group) is 1. The number of rotatable bonds is 5. The fraction of sp³-hybridized carbons (Fsp3) is 0.857. The van der Waals surface area contributed by atoms with Crippen molar-refractivity contribution in [2.75, 3.05) is 36.6 Å². The summed E-state index contributed by atoms with van der Waals surface area (Å²) in [6.07, 6.45) is 1.98. The van der Waals surface area contributed by atoms with Gasteiger partial charge in [0.2, 0.25) is 11.8 Å². The highest BCUT2D eigenvalue weighted by atomic mass is 32.2. The van der Waals surface area contributed by atoms with E-state index in [-0.39, 0.29) is 29.7 Å². The maximum absolute atomic E-state index is 12.3. The Labute approximate surface area is 129 Å². The van der Waals surface area contributed by atoms with Gasteiger partial charge in [-0.1, -0.05) is 0 Å². The molecule has 0 aliphatic carbocycles. The van der Waals surface area contributed by atoms with Crippen molar-refractivity contribution >= 4 is 35.3 Å². The highest BCUT2D eigenvalue weighted by molar-refractivity contribution is 7.99. The van der Waals surface area contributed by atoms with Crippen molar-refractivity contribution in [1.29, 1.82) is 0 Å². The molecule has 2 fully saturated rings. The van der Waals surface area contributed by atoms with Crippen LogP contribution in [0.4, 0.5) is 0 Å². The summed E-state index contributed by atoms with van der Waals surface area (Å²) < 4.78 is 0. The van der Waals surface area contributed by atoms with Crippen LogP contribution in [-0.4, -0.2) is 59.4 Å². The van der Waals surface area contributed by atoms with E-state index in [0.29, 0.717) is 6.54 Å². The molecule has 0 spiro atoms. The SMILES string of the molecule is C[C@H](CNC(=O)[C@H]1CCSC1)N(C)C(=O)[C@@H]1CCSC1. The first-order chi connectivity index (χ1) is 9.59. The molecule has 1 N–H and O–H groups in total. The average Bonchev–Trinajstić information content (AvgIpc) is 3.14. The Morgan fingerprint density at radius 3 is 2.35 bits per heavy atom. The quantitative estimate of drug-likeness (QED) is 0.834. The van der Waals surface area contributed by atoms with Crippen LogP contribution in [-0.2, 0) is 9.59 Å². The van der Waals surface area contributed by atoms with E-state index in [4.69, 9.17) is 0 Å². The number of hydrogen-bond acceptors (Lipinski definition) is 4. The second-order valence-electron chi connectivity index (χ2n) is 5.66. The summed E-state index contributed by atoms with van der Waals surface area (Å²) in [5, 5.41) is 3.00. The molecule has 114 valence electrons. The highest BCUT2D eigenvalue weighted by Gasteiger charge is 2.29. The van der Waals surface area contributed by atoms with Crippen molar-refractivity contribution in [3.8, 4) is 0 Å². The predicted molar refractivity (Wildman–Crippen MR) is 86.1 cm³/mol. The van der Waals surface area contributed by atoms with Crippen LogP contribution in [0.2, 0.25) is 0 Å². The van der Waals surface area contributed by atoms with Crippen LogP contribution in [0.5, 0.6) is 0 Å². The van der Waals surface area contributed by atoms with E-state index in [9.17, 15) is 9.59 Å². The summed E-state index contributed by atoms with van der Waals surface area (Å²) in [6.45, 7) is 2.56. The molecule has 3 atom stereocenters. The van der Waals surface area contributed by atoms with Crippen LogP contribution in [0.15, 0.2) is 0 Å². The lowest BCUT2D eigenvalue weighted by Crippen LogP contribution is -2.46. The van der Waals surface area contributed by atoms with Gasteiger partial charge in [-0.2, -0.15) is 23.5 Å². The molecule has 2 rings (SSSR count). The van der Waals surface area contributed by atoms with E-state index in [1.54, 1.807) is 4.90 Å². The Hall–Kier alpha value is -0.360. The molecule has 2 aliphatic rings. The smallest absolute Gasteiger partial charge is 0.226 e. The van der Waals surface area contributed by atoms with Crippen LogP contribution in [0.25, 0.3) is 0 Å². The number of hydrogen-bond donors (Lipinski definition) is 1. The summed E-state index contributed by atoms with van der Waals surface area (Å²) in [5.74, 6) is 4.79. The predicted octanol–water partition coefficient (Wildman–Crippen LogP) is 1.46. The molecule has 0 aromatic rings. The molecule has 0 radical (unpaired) electrons. The first-order valence-corrected chi connectivity index (χ1v) is 9.60. The first-order valence-electron chi connectivity index (χ1n) is 7.29. The molecule has 0 saturated carbocycles.